The van der Waals surface area contributed by atoms with Crippen molar-refractivity contribution in [3.8, 4) is 5.75 Å². The van der Waals surface area contributed by atoms with Gasteiger partial charge in [0.2, 0.25) is 0 Å². The molecular weight excluding hydrogens is 284 g/mol. The molecule has 1 fully saturated rings. The number of ether oxygens (including phenoxy) is 2. The number of carboxylic acid groups (broad SMARTS) is 1. The van der Waals surface area contributed by atoms with Gasteiger partial charge in [0, 0.05) is 6.42 Å². The summed E-state index contributed by atoms with van der Waals surface area (Å²) in [6, 6.07) is 4.80. The van der Waals surface area contributed by atoms with Crippen LogP contribution in [0.15, 0.2) is 18.2 Å². The Balaban J connectivity index is 1.78. The average molecular weight is 306 g/mol. The number of aliphatic hydroxyl groups is 1. The molecule has 120 valence electrons. The highest BCUT2D eigenvalue weighted by atomic mass is 16.5. The van der Waals surface area contributed by atoms with Crippen molar-refractivity contribution in [3.63, 3.8) is 0 Å². The Labute approximate surface area is 129 Å². The molecule has 0 spiro atoms. The Bertz CT molecular complexity index is 605. The second kappa shape index (κ2) is 4.96. The van der Waals surface area contributed by atoms with E-state index in [1.807, 2.05) is 13.8 Å². The van der Waals surface area contributed by atoms with E-state index in [-0.39, 0.29) is 17.3 Å². The van der Waals surface area contributed by atoms with Crippen LogP contribution in [0, 0.1) is 0 Å². The number of hydrogen-bond acceptors (Lipinski definition) is 4. The molecule has 0 saturated carbocycles. The lowest BCUT2D eigenvalue weighted by molar-refractivity contribution is -0.154. The van der Waals surface area contributed by atoms with Crippen LogP contribution in [0.3, 0.4) is 0 Å². The van der Waals surface area contributed by atoms with Crippen molar-refractivity contribution in [3.05, 3.63) is 29.3 Å². The number of hydrogen-bond donors (Lipinski definition) is 2. The molecule has 5 nitrogen and oxygen atoms in total. The Morgan fingerprint density at radius 3 is 2.68 bits per heavy atom. The molecule has 0 aromatic heterocycles. The second-order valence-corrected chi connectivity index (χ2v) is 7.07. The molecule has 0 aliphatic carbocycles. The summed E-state index contributed by atoms with van der Waals surface area (Å²) < 4.78 is 11.8. The molecule has 0 unspecified atom stereocenters. The van der Waals surface area contributed by atoms with Crippen molar-refractivity contribution in [1.82, 2.24) is 0 Å². The zero-order valence-corrected chi connectivity index (χ0v) is 13.1. The molecular formula is C17H22O5. The summed E-state index contributed by atoms with van der Waals surface area (Å²) in [5.74, 6) is -0.314. The van der Waals surface area contributed by atoms with Gasteiger partial charge < -0.3 is 19.7 Å². The van der Waals surface area contributed by atoms with Crippen LogP contribution in [-0.2, 0) is 11.2 Å². The highest BCUT2D eigenvalue weighted by Crippen LogP contribution is 2.41. The normalized spacial score (nSPS) is 28.7. The van der Waals surface area contributed by atoms with Gasteiger partial charge in [-0.25, -0.2) is 4.79 Å². The molecule has 2 heterocycles. The van der Waals surface area contributed by atoms with Gasteiger partial charge >= 0.3 is 5.97 Å². The maximum atomic E-state index is 11.0. The third-order valence-electron chi connectivity index (χ3n) is 4.76. The third-order valence-corrected chi connectivity index (χ3v) is 4.76. The van der Waals surface area contributed by atoms with Crippen molar-refractivity contribution in [2.24, 2.45) is 0 Å². The molecule has 0 bridgehead atoms. The van der Waals surface area contributed by atoms with Gasteiger partial charge in [-0.15, -0.1) is 0 Å². The molecule has 1 saturated heterocycles. The fourth-order valence-corrected chi connectivity index (χ4v) is 3.31. The number of rotatable bonds is 3. The largest absolute Gasteiger partial charge is 0.487 e. The maximum absolute atomic E-state index is 11.0. The fraction of sp³-hybridized carbons (Fsp3) is 0.588. The summed E-state index contributed by atoms with van der Waals surface area (Å²) in [7, 11) is 0. The predicted molar refractivity (Wildman–Crippen MR) is 80.3 cm³/mol. The molecule has 3 rings (SSSR count). The zero-order valence-electron chi connectivity index (χ0n) is 13.1. The summed E-state index contributed by atoms with van der Waals surface area (Å²) in [6.07, 6.45) is 1.47. The van der Waals surface area contributed by atoms with Crippen molar-refractivity contribution < 1.29 is 24.5 Å². The van der Waals surface area contributed by atoms with E-state index < -0.39 is 17.7 Å². The maximum Gasteiger partial charge on any atom is 0.335 e. The molecule has 1 aromatic carbocycles. The summed E-state index contributed by atoms with van der Waals surface area (Å²) >= 11 is 0. The van der Waals surface area contributed by atoms with E-state index in [2.05, 4.69) is 0 Å². The number of fused-ring (bicyclic) bond motifs is 1. The topological polar surface area (TPSA) is 76.0 Å². The molecule has 5 heteroatoms. The first-order valence-corrected chi connectivity index (χ1v) is 7.62. The fourth-order valence-electron chi connectivity index (χ4n) is 3.31. The lowest BCUT2D eigenvalue weighted by Crippen LogP contribution is -2.52. The number of carbonyl (C=O) groups is 1. The molecule has 3 atom stereocenters. The SMILES string of the molecule is CC1(C)CC[C@@H]([C@](C)(O)[C@@H]2Cc3cc(C(=O)O)ccc3O2)O1. The Morgan fingerprint density at radius 1 is 1.36 bits per heavy atom. The van der Waals surface area contributed by atoms with Crippen LogP contribution in [0.2, 0.25) is 0 Å². The molecule has 1 aromatic rings. The number of aromatic carboxylic acids is 1. The third kappa shape index (κ3) is 2.59. The first-order valence-electron chi connectivity index (χ1n) is 7.62. The van der Waals surface area contributed by atoms with E-state index in [1.54, 1.807) is 19.1 Å². The van der Waals surface area contributed by atoms with Gasteiger partial charge in [0.25, 0.3) is 0 Å². The first kappa shape index (κ1) is 15.3. The Kier molecular flexibility index (Phi) is 3.45. The van der Waals surface area contributed by atoms with Gasteiger partial charge in [-0.1, -0.05) is 0 Å². The van der Waals surface area contributed by atoms with Gasteiger partial charge in [0.05, 0.1) is 17.3 Å². The zero-order chi connectivity index (χ0) is 16.1. The van der Waals surface area contributed by atoms with E-state index in [0.29, 0.717) is 12.2 Å². The molecule has 2 N–H and O–H groups in total. The van der Waals surface area contributed by atoms with E-state index >= 15 is 0 Å². The van der Waals surface area contributed by atoms with Crippen molar-refractivity contribution in [2.45, 2.75) is 63.4 Å². The lowest BCUT2D eigenvalue weighted by atomic mass is 9.87. The minimum absolute atomic E-state index is 0.226. The van der Waals surface area contributed by atoms with Crippen LogP contribution < -0.4 is 4.74 Å². The lowest BCUT2D eigenvalue weighted by Gasteiger charge is -2.35. The van der Waals surface area contributed by atoms with Crippen LogP contribution in [0.4, 0.5) is 0 Å². The second-order valence-electron chi connectivity index (χ2n) is 7.07. The van der Waals surface area contributed by atoms with Crippen molar-refractivity contribution in [1.29, 1.82) is 0 Å². The highest BCUT2D eigenvalue weighted by Gasteiger charge is 2.49. The smallest absolute Gasteiger partial charge is 0.335 e. The van der Waals surface area contributed by atoms with Crippen LogP contribution in [0.25, 0.3) is 0 Å². The van der Waals surface area contributed by atoms with Crippen LogP contribution >= 0.6 is 0 Å². The summed E-state index contributed by atoms with van der Waals surface area (Å²) in [5.41, 5.74) is -0.282. The minimum Gasteiger partial charge on any atom is -0.487 e. The van der Waals surface area contributed by atoms with E-state index in [0.717, 1.165) is 18.4 Å². The monoisotopic (exact) mass is 306 g/mol. The van der Waals surface area contributed by atoms with Gasteiger partial charge in [0.1, 0.15) is 17.5 Å². The Hall–Kier alpha value is -1.59. The van der Waals surface area contributed by atoms with Crippen LogP contribution in [0.5, 0.6) is 5.75 Å². The van der Waals surface area contributed by atoms with Crippen molar-refractivity contribution >= 4 is 5.97 Å². The van der Waals surface area contributed by atoms with Gasteiger partial charge in [-0.05, 0) is 57.4 Å². The minimum atomic E-state index is -1.11. The number of carboxylic acids is 1. The van der Waals surface area contributed by atoms with E-state index in [9.17, 15) is 9.90 Å². The summed E-state index contributed by atoms with van der Waals surface area (Å²) in [5, 5.41) is 20.0. The van der Waals surface area contributed by atoms with Gasteiger partial charge in [0.15, 0.2) is 0 Å². The average Bonchev–Trinajstić information content (AvgIpc) is 3.01. The molecule has 22 heavy (non-hydrogen) atoms. The molecule has 2 aliphatic rings. The molecule has 0 radical (unpaired) electrons. The van der Waals surface area contributed by atoms with Gasteiger partial charge in [-0.2, -0.15) is 0 Å². The standard InChI is InChI=1S/C17H22O5/c1-16(2)7-6-13(22-16)17(3,20)14-9-11-8-10(15(18)19)4-5-12(11)21-14/h4-5,8,13-14,20H,6-7,9H2,1-3H3,(H,18,19)/t13-,14-,17-/m0/s1. The molecule has 0 amide bonds. The van der Waals surface area contributed by atoms with Crippen LogP contribution in [0.1, 0.15) is 49.5 Å². The van der Waals surface area contributed by atoms with E-state index in [1.165, 1.54) is 6.07 Å². The molecule has 2 aliphatic heterocycles. The quantitative estimate of drug-likeness (QED) is 0.897. The van der Waals surface area contributed by atoms with E-state index in [4.69, 9.17) is 14.6 Å². The Morgan fingerprint density at radius 2 is 2.09 bits per heavy atom. The predicted octanol–water partition coefficient (Wildman–Crippen LogP) is 2.40. The van der Waals surface area contributed by atoms with Gasteiger partial charge in [-0.3, -0.25) is 0 Å². The number of benzene rings is 1. The first-order chi connectivity index (χ1) is 10.2. The van der Waals surface area contributed by atoms with Crippen molar-refractivity contribution in [2.75, 3.05) is 0 Å². The summed E-state index contributed by atoms with van der Waals surface area (Å²) in [4.78, 5) is 11.0. The van der Waals surface area contributed by atoms with Crippen LogP contribution in [-0.4, -0.2) is 39.6 Å². The summed E-state index contributed by atoms with van der Waals surface area (Å²) in [6.45, 7) is 5.78. The highest BCUT2D eigenvalue weighted by molar-refractivity contribution is 5.88.